The molecule has 0 N–H and O–H groups in total. The van der Waals surface area contributed by atoms with Crippen LogP contribution >= 0.6 is 81.2 Å². The van der Waals surface area contributed by atoms with Gasteiger partial charge in [-0.1, -0.05) is 64.1 Å². The molecule has 0 aliphatic heterocycles. The fraction of sp³-hybridized carbons (Fsp3) is 0.600. The first-order valence-corrected chi connectivity index (χ1v) is 7.51. The lowest BCUT2D eigenvalue weighted by Gasteiger charge is -2.33. The van der Waals surface area contributed by atoms with E-state index in [4.69, 9.17) is 81.2 Å². The maximum absolute atomic E-state index is 6.58. The van der Waals surface area contributed by atoms with E-state index in [-0.39, 0.29) is 21.9 Å². The monoisotopic (exact) mass is 370 g/mol. The lowest BCUT2D eigenvalue weighted by Crippen LogP contribution is -2.45. The molecule has 1 saturated carbocycles. The molecule has 7 heteroatoms. The molecule has 3 aliphatic rings. The van der Waals surface area contributed by atoms with Crippen molar-refractivity contribution < 1.29 is 0 Å². The molecule has 0 aromatic carbocycles. The Hall–Kier alpha value is 1.51. The number of halogens is 7. The van der Waals surface area contributed by atoms with Gasteiger partial charge in [-0.15, -0.1) is 23.2 Å². The molecule has 0 saturated heterocycles. The number of fused-ring (bicyclic) bond motifs is 5. The van der Waals surface area contributed by atoms with Crippen molar-refractivity contribution in [1.82, 2.24) is 0 Å². The number of hydrogen-bond acceptors (Lipinski definition) is 0. The second-order valence-corrected chi connectivity index (χ2v) is 8.34. The number of rotatable bonds is 0. The average Bonchev–Trinajstić information content (AvgIpc) is 2.72. The van der Waals surface area contributed by atoms with E-state index in [1.807, 2.05) is 6.08 Å². The molecule has 0 aromatic rings. The van der Waals surface area contributed by atoms with Crippen LogP contribution < -0.4 is 0 Å². The third-order valence-electron chi connectivity index (χ3n) is 3.92. The molecule has 17 heavy (non-hydrogen) atoms. The van der Waals surface area contributed by atoms with Crippen molar-refractivity contribution in [2.45, 2.75) is 20.5 Å². The molecule has 0 radical (unpaired) electrons. The third kappa shape index (κ3) is 1.19. The molecular formula is C10H5Cl7. The lowest BCUT2D eigenvalue weighted by molar-refractivity contribution is 0.415. The van der Waals surface area contributed by atoms with Crippen molar-refractivity contribution >= 4 is 81.2 Å². The minimum Gasteiger partial charge on any atom is -0.109 e. The van der Waals surface area contributed by atoms with E-state index in [1.165, 1.54) is 0 Å². The molecule has 3 rings (SSSR count). The van der Waals surface area contributed by atoms with Gasteiger partial charge in [-0.25, -0.2) is 0 Å². The van der Waals surface area contributed by atoms with Gasteiger partial charge in [-0.3, -0.25) is 0 Å². The van der Waals surface area contributed by atoms with Gasteiger partial charge in [0.1, 0.15) is 9.75 Å². The quantitative estimate of drug-likeness (QED) is 0.486. The van der Waals surface area contributed by atoms with E-state index in [0.717, 1.165) is 0 Å². The van der Waals surface area contributed by atoms with Crippen molar-refractivity contribution in [1.29, 1.82) is 0 Å². The highest BCUT2D eigenvalue weighted by Gasteiger charge is 2.82. The second-order valence-electron chi connectivity index (χ2n) is 4.58. The summed E-state index contributed by atoms with van der Waals surface area (Å²) in [5, 5.41) is 1.15. The zero-order valence-electron chi connectivity index (χ0n) is 8.08. The first kappa shape index (κ1) is 13.5. The van der Waals surface area contributed by atoms with Crippen LogP contribution in [-0.2, 0) is 0 Å². The molecule has 4 atom stereocenters. The molecular weight excluding hydrogens is 368 g/mol. The fourth-order valence-corrected chi connectivity index (χ4v) is 6.42. The molecule has 2 bridgehead atoms. The van der Waals surface area contributed by atoms with Crippen LogP contribution in [-0.4, -0.2) is 14.1 Å². The van der Waals surface area contributed by atoms with E-state index < -0.39 is 14.1 Å². The largest absolute Gasteiger partial charge is 0.167 e. The maximum atomic E-state index is 6.58. The van der Waals surface area contributed by atoms with E-state index >= 15 is 0 Å². The molecule has 94 valence electrons. The van der Waals surface area contributed by atoms with E-state index in [1.54, 1.807) is 0 Å². The van der Waals surface area contributed by atoms with Gasteiger partial charge in [-0.05, 0) is 12.3 Å². The Bertz CT molecular complexity index is 479. The fourth-order valence-electron chi connectivity index (χ4n) is 3.11. The average molecular weight is 373 g/mol. The van der Waals surface area contributed by atoms with Crippen molar-refractivity contribution in [3.63, 3.8) is 0 Å². The van der Waals surface area contributed by atoms with Gasteiger partial charge < -0.3 is 0 Å². The predicted octanol–water partition coefficient (Wildman–Crippen LogP) is 5.59. The molecule has 0 heterocycles. The highest BCUT2D eigenvalue weighted by Crippen LogP contribution is 2.78. The van der Waals surface area contributed by atoms with Gasteiger partial charge in [0.2, 0.25) is 0 Å². The maximum Gasteiger partial charge on any atom is 0.167 e. The van der Waals surface area contributed by atoms with Crippen molar-refractivity contribution in [3.05, 3.63) is 21.2 Å². The summed E-state index contributed by atoms with van der Waals surface area (Å²) in [6.45, 7) is 0. The Balaban J connectivity index is 2.29. The van der Waals surface area contributed by atoms with Gasteiger partial charge in [-0.2, -0.15) is 0 Å². The van der Waals surface area contributed by atoms with E-state index in [9.17, 15) is 0 Å². The molecule has 0 amide bonds. The Morgan fingerprint density at radius 1 is 0.941 bits per heavy atom. The van der Waals surface area contributed by atoms with Gasteiger partial charge in [0.05, 0.1) is 10.1 Å². The first-order chi connectivity index (χ1) is 7.69. The molecule has 1 fully saturated rings. The zero-order valence-corrected chi connectivity index (χ0v) is 13.4. The zero-order chi connectivity index (χ0) is 12.8. The second kappa shape index (κ2) is 3.58. The number of allylic oxidation sites excluding steroid dienone is 4. The standard InChI is InChI=1S/C10H5Cl7/c11-3-1-4-5(2-3)9(15)7(13)6(12)8(4,14)10(9,16)17/h1,4-5H,2H2. The molecule has 0 spiro atoms. The summed E-state index contributed by atoms with van der Waals surface area (Å²) >= 11 is 44.3. The number of alkyl halides is 4. The van der Waals surface area contributed by atoms with E-state index in [2.05, 4.69) is 0 Å². The van der Waals surface area contributed by atoms with Crippen LogP contribution in [0.5, 0.6) is 0 Å². The highest BCUT2D eigenvalue weighted by molar-refractivity contribution is 6.65. The van der Waals surface area contributed by atoms with Crippen molar-refractivity contribution in [2.24, 2.45) is 11.8 Å². The highest BCUT2D eigenvalue weighted by atomic mass is 35.5. The molecule has 0 nitrogen and oxygen atoms in total. The summed E-state index contributed by atoms with van der Waals surface area (Å²) in [7, 11) is 0. The SMILES string of the molecule is ClC1=CC2C(C1)C1(Cl)C(Cl)=C(Cl)C2(Cl)C1(Cl)Cl. The van der Waals surface area contributed by atoms with Crippen LogP contribution in [0.25, 0.3) is 0 Å². The van der Waals surface area contributed by atoms with Crippen molar-refractivity contribution in [2.75, 3.05) is 0 Å². The Labute approximate surface area is 134 Å². The number of hydrogen-bond donors (Lipinski definition) is 0. The third-order valence-corrected chi connectivity index (χ3v) is 8.53. The van der Waals surface area contributed by atoms with Gasteiger partial charge in [0, 0.05) is 11.0 Å². The van der Waals surface area contributed by atoms with Gasteiger partial charge in [0.25, 0.3) is 0 Å². The summed E-state index contributed by atoms with van der Waals surface area (Å²) in [5.41, 5.74) is 0. The summed E-state index contributed by atoms with van der Waals surface area (Å²) in [6, 6.07) is 0. The Morgan fingerprint density at radius 2 is 1.47 bits per heavy atom. The van der Waals surface area contributed by atoms with Crippen LogP contribution in [0.1, 0.15) is 6.42 Å². The van der Waals surface area contributed by atoms with Crippen LogP contribution in [0.4, 0.5) is 0 Å². The van der Waals surface area contributed by atoms with Crippen LogP contribution in [0, 0.1) is 11.8 Å². The van der Waals surface area contributed by atoms with Gasteiger partial charge >= 0.3 is 0 Å². The van der Waals surface area contributed by atoms with Crippen LogP contribution in [0.2, 0.25) is 0 Å². The predicted molar refractivity (Wildman–Crippen MR) is 75.9 cm³/mol. The summed E-state index contributed by atoms with van der Waals surface area (Å²) in [5.74, 6) is -0.321. The topological polar surface area (TPSA) is 0 Å². The smallest absolute Gasteiger partial charge is 0.109 e. The molecule has 4 unspecified atom stereocenters. The van der Waals surface area contributed by atoms with Crippen molar-refractivity contribution in [3.8, 4) is 0 Å². The lowest BCUT2D eigenvalue weighted by atomic mass is 9.84. The molecule has 0 aromatic heterocycles. The normalized spacial score (nSPS) is 50.9. The summed E-state index contributed by atoms with van der Waals surface area (Å²) < 4.78 is -1.44. The first-order valence-electron chi connectivity index (χ1n) is 4.87. The van der Waals surface area contributed by atoms with Crippen LogP contribution in [0.3, 0.4) is 0 Å². The minimum atomic E-state index is -1.44. The molecule has 3 aliphatic carbocycles. The van der Waals surface area contributed by atoms with Crippen LogP contribution in [0.15, 0.2) is 21.2 Å². The summed E-state index contributed by atoms with van der Waals surface area (Å²) in [6.07, 6.45) is 2.39. The Morgan fingerprint density at radius 3 is 2.06 bits per heavy atom. The summed E-state index contributed by atoms with van der Waals surface area (Å²) in [4.78, 5) is -2.37. The van der Waals surface area contributed by atoms with E-state index in [0.29, 0.717) is 11.5 Å². The Kier molecular flexibility index (Phi) is 2.84. The minimum absolute atomic E-state index is 0.126. The van der Waals surface area contributed by atoms with Gasteiger partial charge in [0.15, 0.2) is 4.33 Å².